The zero-order valence-electron chi connectivity index (χ0n) is 10.3. The van der Waals surface area contributed by atoms with Crippen molar-refractivity contribution in [3.05, 3.63) is 0 Å². The highest BCUT2D eigenvalue weighted by Crippen LogP contribution is 2.31. The molecule has 2 atom stereocenters. The molecule has 0 bridgehead atoms. The molecule has 2 unspecified atom stereocenters. The largest absolute Gasteiger partial charge is 0.337 e. The van der Waals surface area contributed by atoms with E-state index in [9.17, 15) is 4.79 Å². The van der Waals surface area contributed by atoms with Crippen LogP contribution in [0, 0.1) is 5.92 Å². The maximum absolute atomic E-state index is 12.0. The Morgan fingerprint density at radius 1 is 1.25 bits per heavy atom. The smallest absolute Gasteiger partial charge is 0.223 e. The lowest BCUT2D eigenvalue weighted by molar-refractivity contribution is -0.131. The van der Waals surface area contributed by atoms with Gasteiger partial charge in [-0.3, -0.25) is 4.79 Å². The van der Waals surface area contributed by atoms with Gasteiger partial charge in [0.2, 0.25) is 5.91 Å². The highest BCUT2D eigenvalue weighted by Gasteiger charge is 2.39. The third-order valence-electron chi connectivity index (χ3n) is 4.37. The Balaban J connectivity index is 2.04. The fraction of sp³-hybridized carbons (Fsp3) is 0.923. The van der Waals surface area contributed by atoms with Gasteiger partial charge in [0.25, 0.3) is 0 Å². The molecule has 1 aliphatic carbocycles. The van der Waals surface area contributed by atoms with E-state index < -0.39 is 0 Å². The first kappa shape index (κ1) is 11.9. The van der Waals surface area contributed by atoms with E-state index in [4.69, 9.17) is 5.73 Å². The standard InChI is InChI=1S/C13H24N2O/c1-10-11(9-14)8-13(16)15(10)12-6-4-2-3-5-7-12/h10-12H,2-9,14H2,1H3. The van der Waals surface area contributed by atoms with E-state index in [1.54, 1.807) is 0 Å². The quantitative estimate of drug-likeness (QED) is 0.728. The first-order valence-corrected chi connectivity index (χ1v) is 6.75. The third kappa shape index (κ3) is 2.24. The van der Waals surface area contributed by atoms with Crippen molar-refractivity contribution >= 4 is 5.91 Å². The van der Waals surface area contributed by atoms with Crippen molar-refractivity contribution in [3.8, 4) is 0 Å². The first-order chi connectivity index (χ1) is 7.74. The molecule has 1 saturated heterocycles. The fourth-order valence-electron chi connectivity index (χ4n) is 3.31. The molecule has 1 heterocycles. The number of hydrogen-bond donors (Lipinski definition) is 1. The van der Waals surface area contributed by atoms with Crippen molar-refractivity contribution < 1.29 is 4.79 Å². The molecule has 2 fully saturated rings. The minimum Gasteiger partial charge on any atom is -0.337 e. The van der Waals surface area contributed by atoms with Gasteiger partial charge >= 0.3 is 0 Å². The maximum Gasteiger partial charge on any atom is 0.223 e. The van der Waals surface area contributed by atoms with Crippen LogP contribution in [-0.2, 0) is 4.79 Å². The molecule has 1 amide bonds. The van der Waals surface area contributed by atoms with Gasteiger partial charge in [0, 0.05) is 24.4 Å². The molecule has 2 aliphatic rings. The van der Waals surface area contributed by atoms with E-state index in [0.717, 1.165) is 0 Å². The molecule has 0 spiro atoms. The molecule has 3 heteroatoms. The number of amides is 1. The van der Waals surface area contributed by atoms with Gasteiger partial charge in [0.1, 0.15) is 0 Å². The van der Waals surface area contributed by atoms with E-state index in [2.05, 4.69) is 11.8 Å². The predicted octanol–water partition coefficient (Wildman–Crippen LogP) is 1.90. The number of carbonyl (C=O) groups is 1. The molecule has 92 valence electrons. The van der Waals surface area contributed by atoms with Crippen molar-refractivity contribution in [1.82, 2.24) is 4.90 Å². The van der Waals surface area contributed by atoms with Crippen LogP contribution in [0.5, 0.6) is 0 Å². The zero-order chi connectivity index (χ0) is 11.5. The second-order valence-corrected chi connectivity index (χ2v) is 5.39. The molecule has 2 N–H and O–H groups in total. The number of hydrogen-bond acceptors (Lipinski definition) is 2. The molecule has 2 rings (SSSR count). The van der Waals surface area contributed by atoms with Crippen LogP contribution >= 0.6 is 0 Å². The summed E-state index contributed by atoms with van der Waals surface area (Å²) in [5.41, 5.74) is 5.73. The van der Waals surface area contributed by atoms with Crippen LogP contribution in [0.3, 0.4) is 0 Å². The third-order valence-corrected chi connectivity index (χ3v) is 4.37. The monoisotopic (exact) mass is 224 g/mol. The molecule has 0 aromatic rings. The number of carbonyl (C=O) groups excluding carboxylic acids is 1. The summed E-state index contributed by atoms with van der Waals surface area (Å²) >= 11 is 0. The van der Waals surface area contributed by atoms with E-state index in [-0.39, 0.29) is 0 Å². The first-order valence-electron chi connectivity index (χ1n) is 6.75. The summed E-state index contributed by atoms with van der Waals surface area (Å²) in [6.45, 7) is 2.82. The van der Waals surface area contributed by atoms with Gasteiger partial charge < -0.3 is 10.6 Å². The van der Waals surface area contributed by atoms with Gasteiger partial charge in [0.15, 0.2) is 0 Å². The number of nitrogens with zero attached hydrogens (tertiary/aromatic N) is 1. The molecule has 3 nitrogen and oxygen atoms in total. The Morgan fingerprint density at radius 3 is 2.38 bits per heavy atom. The van der Waals surface area contributed by atoms with Gasteiger partial charge in [-0.15, -0.1) is 0 Å². The van der Waals surface area contributed by atoms with Gasteiger partial charge in [-0.05, 0) is 26.3 Å². The maximum atomic E-state index is 12.0. The highest BCUT2D eigenvalue weighted by atomic mass is 16.2. The minimum absolute atomic E-state index is 0.342. The summed E-state index contributed by atoms with van der Waals surface area (Å²) in [4.78, 5) is 14.2. The molecule has 16 heavy (non-hydrogen) atoms. The molecule has 0 aromatic carbocycles. The average molecular weight is 224 g/mol. The van der Waals surface area contributed by atoms with Crippen molar-refractivity contribution in [2.45, 2.75) is 64.0 Å². The van der Waals surface area contributed by atoms with Crippen molar-refractivity contribution in [3.63, 3.8) is 0 Å². The minimum atomic E-state index is 0.342. The predicted molar refractivity (Wildman–Crippen MR) is 65.0 cm³/mol. The molecular formula is C13H24N2O. The SMILES string of the molecule is CC1C(CN)CC(=O)N1C1CCCCCC1. The summed E-state index contributed by atoms with van der Waals surface area (Å²) in [6.07, 6.45) is 8.33. The molecular weight excluding hydrogens is 200 g/mol. The number of nitrogens with two attached hydrogens (primary N) is 1. The summed E-state index contributed by atoms with van der Waals surface area (Å²) in [6, 6.07) is 0.863. The lowest BCUT2D eigenvalue weighted by Gasteiger charge is -2.32. The molecule has 0 aromatic heterocycles. The summed E-state index contributed by atoms with van der Waals surface area (Å²) < 4.78 is 0. The van der Waals surface area contributed by atoms with Crippen molar-refractivity contribution in [1.29, 1.82) is 0 Å². The lowest BCUT2D eigenvalue weighted by atomic mass is 10.0. The van der Waals surface area contributed by atoms with E-state index in [1.165, 1.54) is 38.5 Å². The van der Waals surface area contributed by atoms with Crippen molar-refractivity contribution in [2.75, 3.05) is 6.54 Å². The lowest BCUT2D eigenvalue weighted by Crippen LogP contribution is -2.42. The van der Waals surface area contributed by atoms with Crippen molar-refractivity contribution in [2.24, 2.45) is 11.7 Å². The second kappa shape index (κ2) is 5.17. The Hall–Kier alpha value is -0.570. The van der Waals surface area contributed by atoms with Crippen LogP contribution in [0.1, 0.15) is 51.9 Å². The second-order valence-electron chi connectivity index (χ2n) is 5.39. The van der Waals surface area contributed by atoms with Gasteiger partial charge in [-0.2, -0.15) is 0 Å². The topological polar surface area (TPSA) is 46.3 Å². The van der Waals surface area contributed by atoms with E-state index in [1.807, 2.05) is 0 Å². The fourth-order valence-corrected chi connectivity index (χ4v) is 3.31. The van der Waals surface area contributed by atoms with Crippen LogP contribution < -0.4 is 5.73 Å². The Labute approximate surface area is 98.4 Å². The Kier molecular flexibility index (Phi) is 3.85. The Morgan fingerprint density at radius 2 is 1.88 bits per heavy atom. The molecule has 1 aliphatic heterocycles. The molecule has 0 radical (unpaired) electrons. The zero-order valence-corrected chi connectivity index (χ0v) is 10.3. The summed E-state index contributed by atoms with van der Waals surface area (Å²) in [5, 5.41) is 0. The summed E-state index contributed by atoms with van der Waals surface area (Å²) in [7, 11) is 0. The number of likely N-dealkylation sites (tertiary alicyclic amines) is 1. The van der Waals surface area contributed by atoms with Gasteiger partial charge in [-0.25, -0.2) is 0 Å². The Bertz CT molecular complexity index is 246. The normalized spacial score (nSPS) is 33.1. The van der Waals surface area contributed by atoms with Crippen LogP contribution in [0.25, 0.3) is 0 Å². The van der Waals surface area contributed by atoms with E-state index in [0.29, 0.717) is 36.9 Å². The van der Waals surface area contributed by atoms with Gasteiger partial charge in [0.05, 0.1) is 0 Å². The van der Waals surface area contributed by atoms with Crippen LogP contribution in [0.15, 0.2) is 0 Å². The van der Waals surface area contributed by atoms with Crippen LogP contribution in [-0.4, -0.2) is 29.4 Å². The number of rotatable bonds is 2. The van der Waals surface area contributed by atoms with Crippen LogP contribution in [0.2, 0.25) is 0 Å². The molecule has 1 saturated carbocycles. The van der Waals surface area contributed by atoms with Gasteiger partial charge in [-0.1, -0.05) is 25.7 Å². The van der Waals surface area contributed by atoms with E-state index >= 15 is 0 Å². The van der Waals surface area contributed by atoms with Crippen LogP contribution in [0.4, 0.5) is 0 Å². The average Bonchev–Trinajstić information content (AvgIpc) is 2.49. The summed E-state index contributed by atoms with van der Waals surface area (Å²) in [5.74, 6) is 0.727. The highest BCUT2D eigenvalue weighted by molar-refractivity contribution is 5.79.